The van der Waals surface area contributed by atoms with Crippen LogP contribution in [0.4, 0.5) is 0 Å². The first-order chi connectivity index (χ1) is 40.5. The molecule has 0 saturated carbocycles. The Morgan fingerprint density at radius 2 is 0.500 bits per heavy atom. The summed E-state index contributed by atoms with van der Waals surface area (Å²) in [6, 6.07) is 0. The molecule has 0 aromatic heterocycles. The summed E-state index contributed by atoms with van der Waals surface area (Å²) < 4.78 is 16.8. The van der Waals surface area contributed by atoms with E-state index in [2.05, 4.69) is 148 Å². The number of carbonyl (C=O) groups excluding carboxylic acids is 3. The zero-order chi connectivity index (χ0) is 59.2. The molecule has 0 rings (SSSR count). The van der Waals surface area contributed by atoms with E-state index >= 15 is 0 Å². The van der Waals surface area contributed by atoms with E-state index in [1.165, 1.54) is 148 Å². The maximum Gasteiger partial charge on any atom is 0.306 e. The minimum Gasteiger partial charge on any atom is -0.462 e. The summed E-state index contributed by atoms with van der Waals surface area (Å²) in [6.07, 6.45) is 97.9. The number of unbranched alkanes of at least 4 members (excludes halogenated alkanes) is 28. The molecular formula is C76H126O6. The molecule has 0 bridgehead atoms. The summed E-state index contributed by atoms with van der Waals surface area (Å²) in [5, 5.41) is 0. The van der Waals surface area contributed by atoms with E-state index in [-0.39, 0.29) is 44.0 Å². The number of carbonyl (C=O) groups is 3. The van der Waals surface area contributed by atoms with Gasteiger partial charge < -0.3 is 14.2 Å². The van der Waals surface area contributed by atoms with E-state index in [0.717, 1.165) is 109 Å². The van der Waals surface area contributed by atoms with Crippen LogP contribution >= 0.6 is 0 Å². The fraction of sp³-hybridized carbons (Fsp3) is 0.671. The van der Waals surface area contributed by atoms with Crippen molar-refractivity contribution in [3.05, 3.63) is 134 Å². The van der Waals surface area contributed by atoms with Crippen LogP contribution in [0, 0.1) is 0 Å². The van der Waals surface area contributed by atoms with Crippen LogP contribution in [0.5, 0.6) is 0 Å². The van der Waals surface area contributed by atoms with Crippen molar-refractivity contribution in [1.29, 1.82) is 0 Å². The Balaban J connectivity index is 4.39. The molecule has 1 atom stereocenters. The lowest BCUT2D eigenvalue weighted by molar-refractivity contribution is -0.166. The third kappa shape index (κ3) is 66.4. The van der Waals surface area contributed by atoms with Gasteiger partial charge >= 0.3 is 17.9 Å². The second kappa shape index (κ2) is 69.0. The van der Waals surface area contributed by atoms with Gasteiger partial charge in [-0.3, -0.25) is 14.4 Å². The van der Waals surface area contributed by atoms with Crippen LogP contribution in [-0.4, -0.2) is 37.2 Å². The molecule has 0 spiro atoms. The van der Waals surface area contributed by atoms with Gasteiger partial charge in [-0.15, -0.1) is 0 Å². The van der Waals surface area contributed by atoms with Gasteiger partial charge in [0.2, 0.25) is 0 Å². The zero-order valence-electron chi connectivity index (χ0n) is 53.5. The number of hydrogen-bond acceptors (Lipinski definition) is 6. The van der Waals surface area contributed by atoms with Crippen LogP contribution in [0.25, 0.3) is 0 Å². The molecule has 6 heteroatoms. The minimum atomic E-state index is -0.830. The molecular weight excluding hydrogens is 1010 g/mol. The number of esters is 3. The van der Waals surface area contributed by atoms with Crippen molar-refractivity contribution in [2.75, 3.05) is 13.2 Å². The van der Waals surface area contributed by atoms with Crippen molar-refractivity contribution < 1.29 is 28.6 Å². The van der Waals surface area contributed by atoms with Gasteiger partial charge in [-0.1, -0.05) is 321 Å². The van der Waals surface area contributed by atoms with E-state index in [4.69, 9.17) is 14.2 Å². The van der Waals surface area contributed by atoms with Crippen LogP contribution in [0.15, 0.2) is 134 Å². The largest absolute Gasteiger partial charge is 0.462 e. The molecule has 1 unspecified atom stereocenters. The molecule has 0 fully saturated rings. The van der Waals surface area contributed by atoms with E-state index in [1.807, 2.05) is 6.08 Å². The van der Waals surface area contributed by atoms with Crippen LogP contribution in [0.2, 0.25) is 0 Å². The predicted molar refractivity (Wildman–Crippen MR) is 357 cm³/mol. The van der Waals surface area contributed by atoms with Gasteiger partial charge in [0.05, 0.1) is 0 Å². The van der Waals surface area contributed by atoms with Crippen LogP contribution in [0.1, 0.15) is 310 Å². The quantitative estimate of drug-likeness (QED) is 0.0261. The topological polar surface area (TPSA) is 78.9 Å². The van der Waals surface area contributed by atoms with Crippen molar-refractivity contribution in [3.8, 4) is 0 Å². The highest BCUT2D eigenvalue weighted by molar-refractivity contribution is 5.71. The average Bonchev–Trinajstić information content (AvgIpc) is 3.47. The Hall–Kier alpha value is -4.45. The van der Waals surface area contributed by atoms with Gasteiger partial charge in [0.25, 0.3) is 0 Å². The normalized spacial score (nSPS) is 13.0. The standard InChI is InChI=1S/C76H126O6/c1-4-7-10-13-16-19-22-25-27-29-31-33-35-37-39-40-42-44-46-48-51-54-57-60-63-66-69-75(78)81-72-73(71-80-74(77)68-65-62-59-56-53-50-24-21-18-15-12-9-6-3)82-76(79)70-67-64-61-58-55-52-49-47-45-43-41-38-36-34-32-30-28-26-23-20-17-14-11-8-5-2/h8-9,11-12,17-18,20-21,26,28,32,34,38,41,45,47,50,52-53,55,59,62,73H,4-7,10,13-16,19,22-25,27,29-31,33,35-37,39-40,42-44,46,48-49,51,54,56-58,60-61,63-72H2,1-3H3/b11-8-,12-9-,20-17-,21-18-,28-26-,34-32-,41-38-,47-45-,53-50-,55-52-,62-59-. The lowest BCUT2D eigenvalue weighted by Gasteiger charge is -2.18. The maximum absolute atomic E-state index is 12.9. The van der Waals surface area contributed by atoms with E-state index in [0.29, 0.717) is 19.3 Å². The highest BCUT2D eigenvalue weighted by Gasteiger charge is 2.19. The first kappa shape index (κ1) is 77.5. The second-order valence-corrected chi connectivity index (χ2v) is 22.3. The molecule has 82 heavy (non-hydrogen) atoms. The third-order valence-electron chi connectivity index (χ3n) is 14.4. The van der Waals surface area contributed by atoms with Crippen LogP contribution in [0.3, 0.4) is 0 Å². The molecule has 0 aromatic rings. The first-order valence-corrected chi connectivity index (χ1v) is 34.2. The molecule has 0 heterocycles. The number of allylic oxidation sites excluding steroid dienone is 22. The Labute approximate surface area is 506 Å². The fourth-order valence-electron chi connectivity index (χ4n) is 9.38. The Kier molecular flexibility index (Phi) is 65.3. The Bertz CT molecular complexity index is 1730. The van der Waals surface area contributed by atoms with Crippen LogP contribution in [-0.2, 0) is 28.6 Å². The van der Waals surface area contributed by atoms with Gasteiger partial charge in [-0.05, 0) is 103 Å². The molecule has 0 aliphatic rings. The lowest BCUT2D eigenvalue weighted by Crippen LogP contribution is -2.30. The molecule has 0 N–H and O–H groups in total. The molecule has 0 saturated heterocycles. The summed E-state index contributed by atoms with van der Waals surface area (Å²) >= 11 is 0. The first-order valence-electron chi connectivity index (χ1n) is 34.2. The summed E-state index contributed by atoms with van der Waals surface area (Å²) in [5.74, 6) is -1.03. The van der Waals surface area contributed by atoms with Crippen molar-refractivity contribution >= 4 is 17.9 Å². The van der Waals surface area contributed by atoms with E-state index < -0.39 is 6.10 Å². The highest BCUT2D eigenvalue weighted by atomic mass is 16.6. The molecule has 6 nitrogen and oxygen atoms in total. The molecule has 466 valence electrons. The average molecular weight is 1140 g/mol. The smallest absolute Gasteiger partial charge is 0.306 e. The second-order valence-electron chi connectivity index (χ2n) is 22.3. The van der Waals surface area contributed by atoms with E-state index in [9.17, 15) is 14.4 Å². The van der Waals surface area contributed by atoms with Gasteiger partial charge in [-0.2, -0.15) is 0 Å². The van der Waals surface area contributed by atoms with Crippen molar-refractivity contribution in [2.45, 2.75) is 316 Å². The summed E-state index contributed by atoms with van der Waals surface area (Å²) in [7, 11) is 0. The number of ether oxygens (including phenoxy) is 3. The molecule has 0 radical (unpaired) electrons. The van der Waals surface area contributed by atoms with Crippen molar-refractivity contribution in [2.24, 2.45) is 0 Å². The molecule has 0 amide bonds. The zero-order valence-corrected chi connectivity index (χ0v) is 53.5. The Morgan fingerprint density at radius 3 is 0.817 bits per heavy atom. The minimum absolute atomic E-state index is 0.115. The maximum atomic E-state index is 12.9. The summed E-state index contributed by atoms with van der Waals surface area (Å²) in [6.45, 7) is 6.35. The fourth-order valence-corrected chi connectivity index (χ4v) is 9.38. The highest BCUT2D eigenvalue weighted by Crippen LogP contribution is 2.17. The molecule has 0 aromatic carbocycles. The van der Waals surface area contributed by atoms with Crippen molar-refractivity contribution in [1.82, 2.24) is 0 Å². The van der Waals surface area contributed by atoms with E-state index in [1.54, 1.807) is 0 Å². The SMILES string of the molecule is CC/C=C\C/C=C\C/C=C\C/C=C\C/C=C\C/C=C\C/C=C\CCCCCC(=O)OC(COC(=O)CC/C=C\C/C=C\C/C=C\C/C=C\CC)COC(=O)CCCCCCCCCCCCCCCCCCCCCCCCCCCC. The monoisotopic (exact) mass is 1130 g/mol. The predicted octanol–water partition coefficient (Wildman–Crippen LogP) is 23.7. The van der Waals surface area contributed by atoms with Gasteiger partial charge in [0, 0.05) is 19.3 Å². The number of rotatable bonds is 61. The van der Waals surface area contributed by atoms with Gasteiger partial charge in [0.15, 0.2) is 6.10 Å². The van der Waals surface area contributed by atoms with Crippen LogP contribution < -0.4 is 0 Å². The van der Waals surface area contributed by atoms with Crippen molar-refractivity contribution in [3.63, 3.8) is 0 Å². The van der Waals surface area contributed by atoms with Gasteiger partial charge in [0.1, 0.15) is 13.2 Å². The third-order valence-corrected chi connectivity index (χ3v) is 14.4. The molecule has 0 aliphatic heterocycles. The Morgan fingerprint density at radius 1 is 0.256 bits per heavy atom. The van der Waals surface area contributed by atoms with Gasteiger partial charge in [-0.25, -0.2) is 0 Å². The summed E-state index contributed by atoms with van der Waals surface area (Å²) in [4.78, 5) is 38.3. The summed E-state index contributed by atoms with van der Waals surface area (Å²) in [5.41, 5.74) is 0. The lowest BCUT2D eigenvalue weighted by atomic mass is 10.0. The number of hydrogen-bond donors (Lipinski definition) is 0. The molecule has 0 aliphatic carbocycles.